The average molecular weight is 338 g/mol. The van der Waals surface area contributed by atoms with Crippen LogP contribution in [0, 0.1) is 5.92 Å². The number of hydrogen-bond acceptors (Lipinski definition) is 4. The fourth-order valence-electron chi connectivity index (χ4n) is 2.51. The van der Waals surface area contributed by atoms with Crippen molar-refractivity contribution in [1.29, 1.82) is 0 Å². The maximum absolute atomic E-state index is 12.6. The highest BCUT2D eigenvalue weighted by Crippen LogP contribution is 2.20. The van der Waals surface area contributed by atoms with E-state index in [1.807, 2.05) is 27.7 Å². The van der Waals surface area contributed by atoms with Gasteiger partial charge in [0.2, 0.25) is 5.91 Å². The molecule has 0 aliphatic heterocycles. The SMILES string of the molecule is CCCCN(C(=O)CC(C)C)c1c(N)n(CCCC)c(=O)[nH]c1=O. The number of nitrogens with one attached hydrogen (secondary N) is 1. The summed E-state index contributed by atoms with van der Waals surface area (Å²) in [5, 5.41) is 0. The fourth-order valence-corrected chi connectivity index (χ4v) is 2.51. The first-order valence-corrected chi connectivity index (χ1v) is 8.76. The van der Waals surface area contributed by atoms with Crippen molar-refractivity contribution >= 4 is 17.4 Å². The zero-order chi connectivity index (χ0) is 18.3. The molecule has 1 aromatic heterocycles. The van der Waals surface area contributed by atoms with Gasteiger partial charge in [-0.25, -0.2) is 4.79 Å². The third-order valence-corrected chi connectivity index (χ3v) is 3.84. The second kappa shape index (κ2) is 9.30. The lowest BCUT2D eigenvalue weighted by atomic mass is 10.1. The molecular formula is C17H30N4O3. The standard InChI is InChI=1S/C17H30N4O3/c1-5-7-9-20(13(22)11-12(3)4)14-15(18)21(10-8-6-2)17(24)19-16(14)23/h12H,5-11,18H2,1-4H3,(H,19,23,24). The molecule has 0 saturated carbocycles. The number of hydrogen-bond donors (Lipinski definition) is 2. The molecule has 0 saturated heterocycles. The van der Waals surface area contributed by atoms with Crippen LogP contribution in [-0.2, 0) is 11.3 Å². The summed E-state index contributed by atoms with van der Waals surface area (Å²) in [7, 11) is 0. The molecule has 0 aromatic carbocycles. The third-order valence-electron chi connectivity index (χ3n) is 3.84. The summed E-state index contributed by atoms with van der Waals surface area (Å²) in [4.78, 5) is 40.7. The van der Waals surface area contributed by atoms with Gasteiger partial charge in [-0.1, -0.05) is 40.5 Å². The van der Waals surface area contributed by atoms with Crippen molar-refractivity contribution in [3.63, 3.8) is 0 Å². The van der Waals surface area contributed by atoms with Crippen LogP contribution < -0.4 is 21.9 Å². The summed E-state index contributed by atoms with van der Waals surface area (Å²) in [5.41, 5.74) is 5.09. The smallest absolute Gasteiger partial charge is 0.330 e. The van der Waals surface area contributed by atoms with Crippen LogP contribution in [0.4, 0.5) is 11.5 Å². The minimum Gasteiger partial charge on any atom is -0.383 e. The number of anilines is 2. The van der Waals surface area contributed by atoms with Gasteiger partial charge in [-0.05, 0) is 18.8 Å². The molecule has 0 spiro atoms. The Hall–Kier alpha value is -2.05. The van der Waals surface area contributed by atoms with Crippen LogP contribution in [0.15, 0.2) is 9.59 Å². The monoisotopic (exact) mass is 338 g/mol. The first-order valence-electron chi connectivity index (χ1n) is 8.76. The van der Waals surface area contributed by atoms with E-state index in [0.29, 0.717) is 19.5 Å². The Kier molecular flexibility index (Phi) is 7.74. The molecule has 1 aromatic rings. The number of aromatic nitrogens is 2. The summed E-state index contributed by atoms with van der Waals surface area (Å²) >= 11 is 0. The Morgan fingerprint density at radius 2 is 1.83 bits per heavy atom. The van der Waals surface area contributed by atoms with Gasteiger partial charge in [0.1, 0.15) is 5.82 Å². The predicted molar refractivity (Wildman–Crippen MR) is 97.4 cm³/mol. The van der Waals surface area contributed by atoms with E-state index in [-0.39, 0.29) is 23.3 Å². The van der Waals surface area contributed by atoms with Crippen molar-refractivity contribution in [2.45, 2.75) is 66.3 Å². The average Bonchev–Trinajstić information content (AvgIpc) is 2.49. The fraction of sp³-hybridized carbons (Fsp3) is 0.706. The number of amides is 1. The molecule has 3 N–H and O–H groups in total. The molecule has 0 aliphatic carbocycles. The molecule has 0 atom stereocenters. The lowest BCUT2D eigenvalue weighted by Crippen LogP contribution is -2.42. The van der Waals surface area contributed by atoms with E-state index in [1.165, 1.54) is 9.47 Å². The van der Waals surface area contributed by atoms with E-state index in [1.54, 1.807) is 0 Å². The van der Waals surface area contributed by atoms with Gasteiger partial charge in [0.15, 0.2) is 5.69 Å². The van der Waals surface area contributed by atoms with Crippen molar-refractivity contribution in [3.05, 3.63) is 20.8 Å². The Morgan fingerprint density at radius 1 is 1.21 bits per heavy atom. The zero-order valence-electron chi connectivity index (χ0n) is 15.2. The zero-order valence-corrected chi connectivity index (χ0v) is 15.2. The molecule has 7 nitrogen and oxygen atoms in total. The minimum absolute atomic E-state index is 0.0745. The number of H-pyrrole nitrogens is 1. The van der Waals surface area contributed by atoms with E-state index < -0.39 is 11.2 Å². The topological polar surface area (TPSA) is 101 Å². The number of aromatic amines is 1. The van der Waals surface area contributed by atoms with Crippen molar-refractivity contribution in [2.75, 3.05) is 17.2 Å². The molecule has 7 heteroatoms. The van der Waals surface area contributed by atoms with Crippen LogP contribution in [0.25, 0.3) is 0 Å². The molecule has 1 amide bonds. The lowest BCUT2D eigenvalue weighted by Gasteiger charge is -2.25. The van der Waals surface area contributed by atoms with Gasteiger partial charge >= 0.3 is 5.69 Å². The van der Waals surface area contributed by atoms with E-state index in [0.717, 1.165) is 25.7 Å². The highest BCUT2D eigenvalue weighted by atomic mass is 16.2. The number of nitrogen functional groups attached to an aromatic ring is 1. The summed E-state index contributed by atoms with van der Waals surface area (Å²) in [6.45, 7) is 8.76. The van der Waals surface area contributed by atoms with Crippen LogP contribution in [0.5, 0.6) is 0 Å². The molecule has 24 heavy (non-hydrogen) atoms. The number of rotatable bonds is 9. The number of carbonyl (C=O) groups is 1. The van der Waals surface area contributed by atoms with E-state index in [2.05, 4.69) is 4.98 Å². The van der Waals surface area contributed by atoms with Gasteiger partial charge in [-0.2, -0.15) is 0 Å². The van der Waals surface area contributed by atoms with Gasteiger partial charge in [-0.3, -0.25) is 19.1 Å². The molecule has 0 bridgehead atoms. The highest BCUT2D eigenvalue weighted by Gasteiger charge is 2.24. The summed E-state index contributed by atoms with van der Waals surface area (Å²) < 4.78 is 1.35. The largest absolute Gasteiger partial charge is 0.383 e. The Bertz CT molecular complexity index is 661. The summed E-state index contributed by atoms with van der Waals surface area (Å²) in [6, 6.07) is 0. The lowest BCUT2D eigenvalue weighted by molar-refractivity contribution is -0.119. The van der Waals surface area contributed by atoms with E-state index in [9.17, 15) is 14.4 Å². The molecular weight excluding hydrogens is 308 g/mol. The number of nitrogens with zero attached hydrogens (tertiary/aromatic N) is 2. The normalized spacial score (nSPS) is 11.0. The molecule has 0 unspecified atom stereocenters. The van der Waals surface area contributed by atoms with Crippen molar-refractivity contribution in [2.24, 2.45) is 5.92 Å². The van der Waals surface area contributed by atoms with Gasteiger partial charge in [0, 0.05) is 19.5 Å². The molecule has 1 heterocycles. The quantitative estimate of drug-likeness (QED) is 0.720. The summed E-state index contributed by atoms with van der Waals surface area (Å²) in [5.74, 6) is 0.106. The van der Waals surface area contributed by atoms with E-state index in [4.69, 9.17) is 5.73 Å². The van der Waals surface area contributed by atoms with Crippen molar-refractivity contribution in [3.8, 4) is 0 Å². The van der Waals surface area contributed by atoms with Crippen molar-refractivity contribution in [1.82, 2.24) is 9.55 Å². The van der Waals surface area contributed by atoms with Gasteiger partial charge in [0.05, 0.1) is 0 Å². The molecule has 0 radical (unpaired) electrons. The Morgan fingerprint density at radius 3 is 2.38 bits per heavy atom. The van der Waals surface area contributed by atoms with Crippen LogP contribution in [0.3, 0.4) is 0 Å². The predicted octanol–water partition coefficient (Wildman–Crippen LogP) is 2.10. The first-order chi connectivity index (χ1) is 11.3. The van der Waals surface area contributed by atoms with Crippen molar-refractivity contribution < 1.29 is 4.79 Å². The Balaban J connectivity index is 3.37. The highest BCUT2D eigenvalue weighted by molar-refractivity contribution is 5.95. The second-order valence-corrected chi connectivity index (χ2v) is 6.50. The maximum Gasteiger partial charge on any atom is 0.330 e. The molecule has 0 fully saturated rings. The second-order valence-electron chi connectivity index (χ2n) is 6.50. The number of nitrogens with two attached hydrogens (primary N) is 1. The number of carbonyl (C=O) groups excluding carboxylic acids is 1. The van der Waals surface area contributed by atoms with E-state index >= 15 is 0 Å². The first kappa shape index (κ1) is 20.0. The van der Waals surface area contributed by atoms with Gasteiger partial charge in [-0.15, -0.1) is 0 Å². The van der Waals surface area contributed by atoms with Crippen LogP contribution >= 0.6 is 0 Å². The molecule has 1 rings (SSSR count). The number of unbranched alkanes of at least 4 members (excludes halogenated alkanes) is 2. The third kappa shape index (κ3) is 4.97. The summed E-state index contributed by atoms with van der Waals surface area (Å²) in [6.07, 6.45) is 3.64. The van der Waals surface area contributed by atoms with Crippen LogP contribution in [-0.4, -0.2) is 22.0 Å². The Labute approximate surface area is 142 Å². The molecule has 0 aliphatic rings. The van der Waals surface area contributed by atoms with Crippen LogP contribution in [0.2, 0.25) is 0 Å². The van der Waals surface area contributed by atoms with Crippen LogP contribution in [0.1, 0.15) is 59.8 Å². The van der Waals surface area contributed by atoms with Gasteiger partial charge in [0.25, 0.3) is 5.56 Å². The maximum atomic E-state index is 12.6. The molecule has 136 valence electrons. The minimum atomic E-state index is -0.599. The van der Waals surface area contributed by atoms with Gasteiger partial charge < -0.3 is 10.6 Å².